The highest BCUT2D eigenvalue weighted by molar-refractivity contribution is 5.87. The molecular formula is C19H18N4O3. The van der Waals surface area contributed by atoms with Gasteiger partial charge in [0.1, 0.15) is 11.6 Å². The first-order valence-electron chi connectivity index (χ1n) is 8.26. The molecule has 1 aliphatic rings. The van der Waals surface area contributed by atoms with Crippen molar-refractivity contribution in [2.75, 3.05) is 18.6 Å². The summed E-state index contributed by atoms with van der Waals surface area (Å²) in [6.45, 7) is 1.37. The van der Waals surface area contributed by atoms with Gasteiger partial charge in [0, 0.05) is 18.7 Å². The van der Waals surface area contributed by atoms with Crippen LogP contribution < -0.4 is 9.64 Å². The second-order valence-electron chi connectivity index (χ2n) is 6.18. The Labute approximate surface area is 150 Å². The van der Waals surface area contributed by atoms with Crippen LogP contribution in [0.15, 0.2) is 48.9 Å². The fourth-order valence-corrected chi connectivity index (χ4v) is 3.29. The molecule has 0 bridgehead atoms. The summed E-state index contributed by atoms with van der Waals surface area (Å²) < 4.78 is 5.24. The van der Waals surface area contributed by atoms with E-state index in [1.807, 2.05) is 24.3 Å². The van der Waals surface area contributed by atoms with Crippen molar-refractivity contribution in [1.29, 1.82) is 0 Å². The first kappa shape index (κ1) is 16.1. The van der Waals surface area contributed by atoms with Crippen LogP contribution in [-0.2, 0) is 6.54 Å². The quantitative estimate of drug-likeness (QED) is 0.752. The maximum Gasteiger partial charge on any atom is 0.337 e. The van der Waals surface area contributed by atoms with Crippen molar-refractivity contribution >= 4 is 11.8 Å². The van der Waals surface area contributed by atoms with E-state index < -0.39 is 5.97 Å². The van der Waals surface area contributed by atoms with Crippen molar-refractivity contribution in [2.24, 2.45) is 0 Å². The van der Waals surface area contributed by atoms with Crippen LogP contribution in [0.2, 0.25) is 0 Å². The van der Waals surface area contributed by atoms with Gasteiger partial charge in [-0.15, -0.1) is 0 Å². The number of hydrogen-bond acceptors (Lipinski definition) is 5. The minimum absolute atomic E-state index is 0.0943. The summed E-state index contributed by atoms with van der Waals surface area (Å²) in [5, 5.41) is 9.04. The molecule has 3 heterocycles. The summed E-state index contributed by atoms with van der Waals surface area (Å²) in [5.41, 5.74) is 3.40. The molecule has 0 amide bonds. The molecule has 26 heavy (non-hydrogen) atoms. The molecule has 1 aromatic carbocycles. The number of fused-ring (bicyclic) bond motifs is 1. The Morgan fingerprint density at radius 2 is 2.04 bits per heavy atom. The van der Waals surface area contributed by atoms with E-state index >= 15 is 0 Å². The molecule has 7 heteroatoms. The number of aromatic nitrogens is 3. The van der Waals surface area contributed by atoms with Crippen LogP contribution in [0.1, 0.15) is 33.2 Å². The number of nitrogens with zero attached hydrogens (tertiary/aromatic N) is 3. The monoisotopic (exact) mass is 350 g/mol. The van der Waals surface area contributed by atoms with Gasteiger partial charge in [-0.2, -0.15) is 0 Å². The lowest BCUT2D eigenvalue weighted by atomic mass is 9.91. The number of H-pyrrole nitrogens is 1. The topological polar surface area (TPSA) is 91.3 Å². The Morgan fingerprint density at radius 3 is 2.69 bits per heavy atom. The first-order valence-corrected chi connectivity index (χ1v) is 8.26. The summed E-state index contributed by atoms with van der Waals surface area (Å²) in [6, 6.07) is 11.3. The predicted molar refractivity (Wildman–Crippen MR) is 95.7 cm³/mol. The van der Waals surface area contributed by atoms with Crippen molar-refractivity contribution in [3.05, 3.63) is 71.4 Å². The van der Waals surface area contributed by atoms with E-state index in [4.69, 9.17) is 9.84 Å². The van der Waals surface area contributed by atoms with Gasteiger partial charge in [-0.1, -0.05) is 12.1 Å². The van der Waals surface area contributed by atoms with E-state index in [1.54, 1.807) is 25.6 Å². The normalized spacial score (nSPS) is 16.2. The number of aromatic carboxylic acids is 1. The molecule has 7 nitrogen and oxygen atoms in total. The molecule has 1 aliphatic heterocycles. The fourth-order valence-electron chi connectivity index (χ4n) is 3.29. The summed E-state index contributed by atoms with van der Waals surface area (Å²) in [6.07, 6.45) is 3.11. The zero-order chi connectivity index (χ0) is 18.1. The standard InChI is InChI=1S/C19H18N4O3/c1-26-14-5-2-12(3-6-14)15-9-23(10-16-18(15)22-11-21-16)17-7-4-13(8-20-17)19(24)25/h2-8,11,15H,9-10H2,1H3,(H,21,22)(H,24,25). The summed E-state index contributed by atoms with van der Waals surface area (Å²) in [7, 11) is 1.65. The number of rotatable bonds is 4. The molecule has 3 aromatic rings. The summed E-state index contributed by atoms with van der Waals surface area (Å²) in [5.74, 6) is 0.676. The van der Waals surface area contributed by atoms with Gasteiger partial charge < -0.3 is 19.7 Å². The van der Waals surface area contributed by atoms with Crippen molar-refractivity contribution < 1.29 is 14.6 Å². The second kappa shape index (κ2) is 6.51. The average Bonchev–Trinajstić information content (AvgIpc) is 3.16. The highest BCUT2D eigenvalue weighted by Gasteiger charge is 2.29. The number of aromatic amines is 1. The molecule has 2 aromatic heterocycles. The van der Waals surface area contributed by atoms with Crippen molar-refractivity contribution in [3.63, 3.8) is 0 Å². The van der Waals surface area contributed by atoms with Crippen LogP contribution in [0.4, 0.5) is 5.82 Å². The van der Waals surface area contributed by atoms with Crippen LogP contribution in [0, 0.1) is 0 Å². The number of ether oxygens (including phenoxy) is 1. The molecule has 1 unspecified atom stereocenters. The van der Waals surface area contributed by atoms with E-state index in [0.29, 0.717) is 13.1 Å². The van der Waals surface area contributed by atoms with Crippen LogP contribution >= 0.6 is 0 Å². The van der Waals surface area contributed by atoms with E-state index in [0.717, 1.165) is 28.5 Å². The number of carbonyl (C=O) groups is 1. The number of benzene rings is 1. The number of methoxy groups -OCH3 is 1. The molecular weight excluding hydrogens is 332 g/mol. The number of anilines is 1. The Balaban J connectivity index is 1.66. The number of carboxylic acids is 1. The van der Waals surface area contributed by atoms with E-state index in [1.165, 1.54) is 6.20 Å². The van der Waals surface area contributed by atoms with Gasteiger partial charge in [-0.25, -0.2) is 14.8 Å². The van der Waals surface area contributed by atoms with Crippen LogP contribution in [0.3, 0.4) is 0 Å². The van der Waals surface area contributed by atoms with Crippen molar-refractivity contribution in [1.82, 2.24) is 15.0 Å². The third-order valence-corrected chi connectivity index (χ3v) is 4.67. The molecule has 132 valence electrons. The minimum atomic E-state index is -0.977. The average molecular weight is 350 g/mol. The summed E-state index contributed by atoms with van der Waals surface area (Å²) in [4.78, 5) is 25.2. The lowest BCUT2D eigenvalue weighted by molar-refractivity contribution is 0.0696. The van der Waals surface area contributed by atoms with E-state index in [-0.39, 0.29) is 11.5 Å². The molecule has 0 fully saturated rings. The SMILES string of the molecule is COc1ccc(C2CN(c3ccc(C(=O)O)cn3)Cc3[nH]cnc32)cc1. The largest absolute Gasteiger partial charge is 0.497 e. The predicted octanol–water partition coefficient (Wildman–Crippen LogP) is 2.66. The molecule has 0 spiro atoms. The molecule has 4 rings (SSSR count). The van der Waals surface area contributed by atoms with Crippen LogP contribution in [0.25, 0.3) is 0 Å². The molecule has 1 atom stereocenters. The number of hydrogen-bond donors (Lipinski definition) is 2. The van der Waals surface area contributed by atoms with Crippen molar-refractivity contribution in [2.45, 2.75) is 12.5 Å². The Hall–Kier alpha value is -3.35. The Bertz CT molecular complexity index is 919. The number of imidazole rings is 1. The third-order valence-electron chi connectivity index (χ3n) is 4.67. The van der Waals surface area contributed by atoms with Gasteiger partial charge in [0.05, 0.1) is 36.9 Å². The maximum atomic E-state index is 11.0. The first-order chi connectivity index (χ1) is 12.7. The fraction of sp³-hybridized carbons (Fsp3) is 0.211. The highest BCUT2D eigenvalue weighted by Crippen LogP contribution is 2.34. The van der Waals surface area contributed by atoms with Crippen LogP contribution in [0.5, 0.6) is 5.75 Å². The van der Waals surface area contributed by atoms with Gasteiger partial charge in [0.25, 0.3) is 0 Å². The van der Waals surface area contributed by atoms with Gasteiger partial charge in [-0.3, -0.25) is 0 Å². The van der Waals surface area contributed by atoms with E-state index in [9.17, 15) is 4.79 Å². The molecule has 0 radical (unpaired) electrons. The molecule has 2 N–H and O–H groups in total. The smallest absolute Gasteiger partial charge is 0.337 e. The zero-order valence-corrected chi connectivity index (χ0v) is 14.2. The number of carboxylic acid groups (broad SMARTS) is 1. The number of nitrogens with one attached hydrogen (secondary N) is 1. The minimum Gasteiger partial charge on any atom is -0.497 e. The summed E-state index contributed by atoms with van der Waals surface area (Å²) >= 11 is 0. The maximum absolute atomic E-state index is 11.0. The lowest BCUT2D eigenvalue weighted by Crippen LogP contribution is -2.34. The lowest BCUT2D eigenvalue weighted by Gasteiger charge is -2.33. The Kier molecular flexibility index (Phi) is 4.04. The van der Waals surface area contributed by atoms with Gasteiger partial charge in [0.15, 0.2) is 0 Å². The van der Waals surface area contributed by atoms with Gasteiger partial charge in [0.2, 0.25) is 0 Å². The third kappa shape index (κ3) is 2.88. The van der Waals surface area contributed by atoms with Crippen molar-refractivity contribution in [3.8, 4) is 5.75 Å². The van der Waals surface area contributed by atoms with Crippen LogP contribution in [-0.4, -0.2) is 39.7 Å². The zero-order valence-electron chi connectivity index (χ0n) is 14.2. The Morgan fingerprint density at radius 1 is 1.23 bits per heavy atom. The van der Waals surface area contributed by atoms with Gasteiger partial charge in [-0.05, 0) is 29.8 Å². The molecule has 0 saturated heterocycles. The molecule has 0 aliphatic carbocycles. The second-order valence-corrected chi connectivity index (χ2v) is 6.18. The van der Waals surface area contributed by atoms with Gasteiger partial charge >= 0.3 is 5.97 Å². The molecule has 0 saturated carbocycles. The van der Waals surface area contributed by atoms with E-state index in [2.05, 4.69) is 19.9 Å². The highest BCUT2D eigenvalue weighted by atomic mass is 16.5. The number of pyridine rings is 1.